The minimum absolute atomic E-state index is 0.104. The fraction of sp³-hybridized carbons (Fsp3) is 0.438. The molecular weight excluding hydrogens is 361 g/mol. The maximum atomic E-state index is 13.8. The molecule has 138 valence electrons. The number of hydrogen-bond donors (Lipinski definition) is 2. The smallest absolute Gasteiger partial charge is 0.222 e. The minimum Gasteiger partial charge on any atom is -0.387 e. The molecular formula is C16H18FN5O3S. The zero-order valence-electron chi connectivity index (χ0n) is 14.1. The van der Waals surface area contributed by atoms with Crippen LogP contribution in [0.4, 0.5) is 15.9 Å². The molecule has 2 heterocycles. The molecule has 0 amide bonds. The number of β-amino-alcohol motifs (C(OH)–C–C–N with tert-alkyl or cyclic N) is 1. The van der Waals surface area contributed by atoms with E-state index in [1.165, 1.54) is 18.5 Å². The van der Waals surface area contributed by atoms with Crippen molar-refractivity contribution in [3.63, 3.8) is 0 Å². The molecule has 2 N–H and O–H groups in total. The molecule has 26 heavy (non-hydrogen) atoms. The average molecular weight is 379 g/mol. The Kier molecular flexibility index (Phi) is 4.79. The monoisotopic (exact) mass is 379 g/mol. The first-order valence-corrected chi connectivity index (χ1v) is 9.84. The molecule has 1 fully saturated rings. The Hall–Kier alpha value is -2.35. The van der Waals surface area contributed by atoms with Crippen molar-refractivity contribution < 1.29 is 17.9 Å². The lowest BCUT2D eigenvalue weighted by Gasteiger charge is -2.40. The van der Waals surface area contributed by atoms with Crippen molar-refractivity contribution in [3.8, 4) is 0 Å². The van der Waals surface area contributed by atoms with Crippen LogP contribution in [0.5, 0.6) is 0 Å². The lowest BCUT2D eigenvalue weighted by atomic mass is 9.93. The predicted molar refractivity (Wildman–Crippen MR) is 95.0 cm³/mol. The summed E-state index contributed by atoms with van der Waals surface area (Å²) in [6.07, 6.45) is 3.41. The highest BCUT2D eigenvalue weighted by molar-refractivity contribution is 7.88. The molecule has 1 aromatic heterocycles. The maximum absolute atomic E-state index is 13.8. The number of benzene rings is 1. The van der Waals surface area contributed by atoms with Gasteiger partial charge in [0.25, 0.3) is 0 Å². The second kappa shape index (κ2) is 6.75. The van der Waals surface area contributed by atoms with E-state index in [2.05, 4.69) is 19.5 Å². The van der Waals surface area contributed by atoms with E-state index >= 15 is 0 Å². The Morgan fingerprint density at radius 1 is 1.46 bits per heavy atom. The molecule has 2 aromatic rings. The first-order chi connectivity index (χ1) is 12.2. The third-order valence-corrected chi connectivity index (χ3v) is 4.99. The van der Waals surface area contributed by atoms with Gasteiger partial charge in [0.2, 0.25) is 15.7 Å². The number of sulfonamides is 1. The normalized spacial score (nSPS) is 20.9. The number of nitrogens with zero attached hydrogens (tertiary/aromatic N) is 4. The zero-order chi connectivity index (χ0) is 18.9. The minimum atomic E-state index is -3.42. The van der Waals surface area contributed by atoms with Crippen LogP contribution < -0.4 is 9.62 Å². The maximum Gasteiger partial charge on any atom is 0.222 e. The number of hydrogen-bond acceptors (Lipinski definition) is 6. The molecule has 0 aliphatic carbocycles. The highest BCUT2D eigenvalue weighted by Gasteiger charge is 2.35. The third kappa shape index (κ3) is 3.90. The standard InChI is InChI=1S/C16H18FN5O3S/c1-18-14-6-11-13(7-12(14)17)19-10-20-15(11)22-5-3-4-16(23,9-22)8-21-26(2,24)25/h6-7,10,21,23H,3-5,8-9H2,2H3. The molecule has 10 heteroatoms. The van der Waals surface area contributed by atoms with Crippen molar-refractivity contribution in [3.05, 3.63) is 35.7 Å². The van der Waals surface area contributed by atoms with Crippen LogP contribution in [0.15, 0.2) is 18.5 Å². The number of fused-ring (bicyclic) bond motifs is 1. The van der Waals surface area contributed by atoms with Crippen LogP contribution >= 0.6 is 0 Å². The summed E-state index contributed by atoms with van der Waals surface area (Å²) >= 11 is 0. The van der Waals surface area contributed by atoms with Gasteiger partial charge in [0, 0.05) is 25.0 Å². The molecule has 3 rings (SSSR count). The van der Waals surface area contributed by atoms with E-state index in [1.807, 2.05) is 4.90 Å². The van der Waals surface area contributed by atoms with Gasteiger partial charge in [-0.05, 0) is 25.0 Å². The fourth-order valence-corrected chi connectivity index (χ4v) is 3.62. The highest BCUT2D eigenvalue weighted by Crippen LogP contribution is 2.32. The lowest BCUT2D eigenvalue weighted by molar-refractivity contribution is 0.0311. The molecule has 1 unspecified atom stereocenters. The number of nitrogens with one attached hydrogen (secondary N) is 1. The number of aromatic nitrogens is 2. The second-order valence-corrected chi connectivity index (χ2v) is 8.31. The summed E-state index contributed by atoms with van der Waals surface area (Å²) in [6.45, 7) is 7.73. The van der Waals surface area contributed by atoms with Crippen molar-refractivity contribution in [1.29, 1.82) is 0 Å². The molecule has 1 atom stereocenters. The molecule has 0 radical (unpaired) electrons. The van der Waals surface area contributed by atoms with Crippen LogP contribution in [0, 0.1) is 12.4 Å². The topological polar surface area (TPSA) is 99.8 Å². The van der Waals surface area contributed by atoms with E-state index in [4.69, 9.17) is 6.57 Å². The highest BCUT2D eigenvalue weighted by atomic mass is 32.2. The summed E-state index contributed by atoms with van der Waals surface area (Å²) in [7, 11) is -3.42. The first-order valence-electron chi connectivity index (χ1n) is 7.94. The molecule has 0 bridgehead atoms. The quantitative estimate of drug-likeness (QED) is 0.775. The van der Waals surface area contributed by atoms with Gasteiger partial charge < -0.3 is 10.0 Å². The molecule has 0 saturated carbocycles. The van der Waals surface area contributed by atoms with Gasteiger partial charge in [-0.2, -0.15) is 0 Å². The summed E-state index contributed by atoms with van der Waals surface area (Å²) in [5.41, 5.74) is -1.01. The van der Waals surface area contributed by atoms with Crippen LogP contribution in [-0.2, 0) is 10.0 Å². The van der Waals surface area contributed by atoms with E-state index in [0.29, 0.717) is 36.1 Å². The van der Waals surface area contributed by atoms with Gasteiger partial charge in [-0.1, -0.05) is 0 Å². The number of halogens is 1. The summed E-state index contributed by atoms with van der Waals surface area (Å²) < 4.78 is 38.8. The van der Waals surface area contributed by atoms with E-state index in [0.717, 1.165) is 6.26 Å². The van der Waals surface area contributed by atoms with Gasteiger partial charge in [-0.3, -0.25) is 0 Å². The SMILES string of the molecule is [C-]#[N+]c1cc2c(N3CCCC(O)(CNS(C)(=O)=O)C3)ncnc2cc1F. The molecule has 0 spiro atoms. The number of anilines is 1. The summed E-state index contributed by atoms with van der Waals surface area (Å²) in [5, 5.41) is 11.3. The van der Waals surface area contributed by atoms with Gasteiger partial charge in [-0.25, -0.2) is 32.3 Å². The van der Waals surface area contributed by atoms with Crippen molar-refractivity contribution in [2.75, 3.05) is 30.8 Å². The summed E-state index contributed by atoms with van der Waals surface area (Å²) in [6, 6.07) is 2.59. The van der Waals surface area contributed by atoms with E-state index in [9.17, 15) is 17.9 Å². The second-order valence-electron chi connectivity index (χ2n) is 6.47. The Morgan fingerprint density at radius 3 is 2.92 bits per heavy atom. The van der Waals surface area contributed by atoms with Crippen LogP contribution in [0.25, 0.3) is 15.7 Å². The molecule has 1 saturated heterocycles. The molecule has 1 aromatic carbocycles. The van der Waals surface area contributed by atoms with Gasteiger partial charge in [0.15, 0.2) is 0 Å². The van der Waals surface area contributed by atoms with Crippen molar-refractivity contribution in [1.82, 2.24) is 14.7 Å². The first kappa shape index (κ1) is 18.4. The van der Waals surface area contributed by atoms with Crippen LogP contribution in [0.1, 0.15) is 12.8 Å². The summed E-state index contributed by atoms with van der Waals surface area (Å²) in [4.78, 5) is 13.3. The average Bonchev–Trinajstić information content (AvgIpc) is 2.58. The van der Waals surface area contributed by atoms with Crippen LogP contribution in [-0.4, -0.2) is 55.0 Å². The largest absolute Gasteiger partial charge is 0.387 e. The number of piperidine rings is 1. The Bertz CT molecular complexity index is 991. The molecule has 1 aliphatic heterocycles. The van der Waals surface area contributed by atoms with Crippen LogP contribution in [0.3, 0.4) is 0 Å². The van der Waals surface area contributed by atoms with E-state index in [-0.39, 0.29) is 18.8 Å². The zero-order valence-corrected chi connectivity index (χ0v) is 14.9. The van der Waals surface area contributed by atoms with E-state index < -0.39 is 21.4 Å². The summed E-state index contributed by atoms with van der Waals surface area (Å²) in [5.74, 6) is -0.165. The lowest BCUT2D eigenvalue weighted by Crippen LogP contribution is -2.54. The van der Waals surface area contributed by atoms with Crippen LogP contribution in [0.2, 0.25) is 0 Å². The fourth-order valence-electron chi connectivity index (χ4n) is 3.09. The van der Waals surface area contributed by atoms with Gasteiger partial charge in [0.1, 0.15) is 18.0 Å². The predicted octanol–water partition coefficient (Wildman–Crippen LogP) is 1.20. The third-order valence-electron chi connectivity index (χ3n) is 4.32. The number of aliphatic hydroxyl groups is 1. The van der Waals surface area contributed by atoms with Gasteiger partial charge in [-0.15, -0.1) is 0 Å². The molecule has 1 aliphatic rings. The van der Waals surface area contributed by atoms with Crippen molar-refractivity contribution in [2.24, 2.45) is 0 Å². The van der Waals surface area contributed by atoms with Crippen molar-refractivity contribution >= 4 is 32.4 Å². The van der Waals surface area contributed by atoms with E-state index in [1.54, 1.807) is 0 Å². The Labute approximate surface area is 150 Å². The Balaban J connectivity index is 1.94. The van der Waals surface area contributed by atoms with Gasteiger partial charge in [0.05, 0.1) is 23.9 Å². The molecule has 8 nitrogen and oxygen atoms in total. The number of rotatable bonds is 4. The van der Waals surface area contributed by atoms with Crippen molar-refractivity contribution in [2.45, 2.75) is 18.4 Å². The Morgan fingerprint density at radius 2 is 2.23 bits per heavy atom. The van der Waals surface area contributed by atoms with Gasteiger partial charge >= 0.3 is 0 Å².